The van der Waals surface area contributed by atoms with E-state index in [4.69, 9.17) is 11.5 Å². The van der Waals surface area contributed by atoms with Crippen molar-refractivity contribution in [3.8, 4) is 11.8 Å². The summed E-state index contributed by atoms with van der Waals surface area (Å²) in [5.74, 6) is 5.84. The van der Waals surface area contributed by atoms with Gasteiger partial charge < -0.3 is 11.5 Å². The molecule has 4 N–H and O–H groups in total. The van der Waals surface area contributed by atoms with E-state index in [9.17, 15) is 0 Å². The van der Waals surface area contributed by atoms with Gasteiger partial charge in [-0.15, -0.1) is 0 Å². The smallest absolute Gasteiger partial charge is 0.0555 e. The third-order valence-corrected chi connectivity index (χ3v) is 2.20. The van der Waals surface area contributed by atoms with Gasteiger partial charge in [-0.2, -0.15) is 0 Å². The van der Waals surface area contributed by atoms with Crippen molar-refractivity contribution in [2.75, 3.05) is 12.3 Å². The Morgan fingerprint density at radius 1 is 1.00 bits per heavy atom. The predicted molar refractivity (Wildman–Crippen MR) is 64.3 cm³/mol. The number of nitrogen functional groups attached to an aromatic ring is 1. The third-order valence-electron chi connectivity index (χ3n) is 2.20. The summed E-state index contributed by atoms with van der Waals surface area (Å²) < 4.78 is 0. The zero-order valence-corrected chi connectivity index (χ0v) is 8.33. The minimum Gasteiger partial charge on any atom is -0.399 e. The van der Waals surface area contributed by atoms with Crippen molar-refractivity contribution in [2.24, 2.45) is 5.73 Å². The summed E-state index contributed by atoms with van der Waals surface area (Å²) in [6.07, 6.45) is 0. The van der Waals surface area contributed by atoms with E-state index in [0.29, 0.717) is 6.54 Å². The van der Waals surface area contributed by atoms with Crippen molar-refractivity contribution in [1.29, 1.82) is 0 Å². The van der Waals surface area contributed by atoms with Gasteiger partial charge in [-0.1, -0.05) is 24.0 Å². The Hall–Kier alpha value is -1.98. The number of rotatable bonds is 0. The van der Waals surface area contributed by atoms with Gasteiger partial charge in [0.25, 0.3) is 0 Å². The molecule has 2 heteroatoms. The van der Waals surface area contributed by atoms with Gasteiger partial charge in [0.05, 0.1) is 6.54 Å². The van der Waals surface area contributed by atoms with E-state index in [1.165, 1.54) is 0 Å². The van der Waals surface area contributed by atoms with Gasteiger partial charge in [-0.05, 0) is 35.0 Å². The molecule has 0 atom stereocenters. The first-order valence-corrected chi connectivity index (χ1v) is 4.78. The van der Waals surface area contributed by atoms with Gasteiger partial charge in [0.2, 0.25) is 0 Å². The Morgan fingerprint density at radius 2 is 1.73 bits per heavy atom. The van der Waals surface area contributed by atoms with E-state index in [1.807, 2.05) is 36.4 Å². The van der Waals surface area contributed by atoms with Crippen molar-refractivity contribution in [3.63, 3.8) is 0 Å². The fourth-order valence-corrected chi connectivity index (χ4v) is 1.50. The zero-order chi connectivity index (χ0) is 10.7. The molecule has 0 spiro atoms. The van der Waals surface area contributed by atoms with Crippen molar-refractivity contribution in [2.45, 2.75) is 0 Å². The first-order valence-electron chi connectivity index (χ1n) is 4.78. The molecule has 0 saturated heterocycles. The Balaban J connectivity index is 2.52. The maximum Gasteiger partial charge on any atom is 0.0555 e. The minimum absolute atomic E-state index is 0.389. The van der Waals surface area contributed by atoms with Crippen molar-refractivity contribution >= 4 is 16.5 Å². The lowest BCUT2D eigenvalue weighted by Crippen LogP contribution is -1.93. The molecule has 0 saturated carbocycles. The number of fused-ring (bicyclic) bond motifs is 1. The molecular weight excluding hydrogens is 184 g/mol. The lowest BCUT2D eigenvalue weighted by Gasteiger charge is -1.99. The van der Waals surface area contributed by atoms with Gasteiger partial charge in [-0.3, -0.25) is 0 Å². The number of hydrogen-bond donors (Lipinski definition) is 2. The molecule has 74 valence electrons. The van der Waals surface area contributed by atoms with Gasteiger partial charge in [0, 0.05) is 11.3 Å². The highest BCUT2D eigenvalue weighted by atomic mass is 14.5. The van der Waals surface area contributed by atoms with Crippen molar-refractivity contribution < 1.29 is 0 Å². The molecule has 0 aliphatic heterocycles. The van der Waals surface area contributed by atoms with Crippen molar-refractivity contribution in [3.05, 3.63) is 42.0 Å². The van der Waals surface area contributed by atoms with Crippen LogP contribution < -0.4 is 11.5 Å². The van der Waals surface area contributed by atoms with E-state index in [1.54, 1.807) is 0 Å². The quantitative estimate of drug-likeness (QED) is 0.498. The molecule has 0 fully saturated rings. The fourth-order valence-electron chi connectivity index (χ4n) is 1.50. The third kappa shape index (κ3) is 2.09. The summed E-state index contributed by atoms with van der Waals surface area (Å²) >= 11 is 0. The average Bonchev–Trinajstić information content (AvgIpc) is 2.26. The Morgan fingerprint density at radius 3 is 2.53 bits per heavy atom. The topological polar surface area (TPSA) is 52.0 Å². The molecule has 0 aliphatic rings. The van der Waals surface area contributed by atoms with Crippen LogP contribution in [0, 0.1) is 11.8 Å². The summed E-state index contributed by atoms with van der Waals surface area (Å²) in [5.41, 5.74) is 12.8. The summed E-state index contributed by atoms with van der Waals surface area (Å²) in [4.78, 5) is 0. The summed E-state index contributed by atoms with van der Waals surface area (Å²) in [6, 6.07) is 11.9. The van der Waals surface area contributed by atoms with Gasteiger partial charge in [-0.25, -0.2) is 0 Å². The van der Waals surface area contributed by atoms with Crippen LogP contribution in [-0.4, -0.2) is 6.54 Å². The van der Waals surface area contributed by atoms with Crippen LogP contribution >= 0.6 is 0 Å². The molecule has 0 bridgehead atoms. The molecule has 2 aromatic carbocycles. The molecule has 0 aromatic heterocycles. The summed E-state index contributed by atoms with van der Waals surface area (Å²) in [5, 5.41) is 2.28. The zero-order valence-electron chi connectivity index (χ0n) is 8.33. The van der Waals surface area contributed by atoms with Gasteiger partial charge in [0.1, 0.15) is 0 Å². The normalized spacial score (nSPS) is 9.67. The van der Waals surface area contributed by atoms with Crippen LogP contribution in [0.5, 0.6) is 0 Å². The van der Waals surface area contributed by atoms with E-state index in [-0.39, 0.29) is 0 Å². The molecule has 2 nitrogen and oxygen atoms in total. The maximum atomic E-state index is 5.70. The lowest BCUT2D eigenvalue weighted by molar-refractivity contribution is 1.30. The number of anilines is 1. The number of nitrogens with two attached hydrogens (primary N) is 2. The monoisotopic (exact) mass is 196 g/mol. The molecular formula is C13H12N2. The van der Waals surface area contributed by atoms with Crippen LogP contribution in [0.3, 0.4) is 0 Å². The van der Waals surface area contributed by atoms with Crippen LogP contribution in [-0.2, 0) is 0 Å². The van der Waals surface area contributed by atoms with E-state index in [2.05, 4.69) is 11.8 Å². The highest BCUT2D eigenvalue weighted by molar-refractivity contribution is 5.86. The Kier molecular flexibility index (Phi) is 2.57. The van der Waals surface area contributed by atoms with Crippen LogP contribution in [0.25, 0.3) is 10.8 Å². The fraction of sp³-hybridized carbons (Fsp3) is 0.0769. The molecule has 0 aliphatic carbocycles. The van der Waals surface area contributed by atoms with Gasteiger partial charge in [0.15, 0.2) is 0 Å². The first kappa shape index (κ1) is 9.57. The van der Waals surface area contributed by atoms with Crippen LogP contribution in [0.1, 0.15) is 5.56 Å². The largest absolute Gasteiger partial charge is 0.399 e. The Bertz CT molecular complexity index is 547. The van der Waals surface area contributed by atoms with Crippen LogP contribution in [0.2, 0.25) is 0 Å². The second-order valence-corrected chi connectivity index (χ2v) is 3.33. The molecule has 0 heterocycles. The SMILES string of the molecule is NCC#Cc1ccc2cc(N)ccc2c1. The van der Waals surface area contributed by atoms with Crippen LogP contribution in [0.15, 0.2) is 36.4 Å². The standard InChI is InChI=1S/C13H12N2/c14-7-1-2-10-3-4-12-9-13(15)6-5-11(12)8-10/h3-6,8-9H,7,14-15H2. The Labute approximate surface area is 88.9 Å². The number of hydrogen-bond acceptors (Lipinski definition) is 2. The van der Waals surface area contributed by atoms with E-state index < -0.39 is 0 Å². The predicted octanol–water partition coefficient (Wildman–Crippen LogP) is 1.73. The molecule has 2 rings (SSSR count). The average molecular weight is 196 g/mol. The van der Waals surface area contributed by atoms with Crippen LogP contribution in [0.4, 0.5) is 5.69 Å². The minimum atomic E-state index is 0.389. The highest BCUT2D eigenvalue weighted by Crippen LogP contribution is 2.18. The molecule has 0 unspecified atom stereocenters. The molecule has 0 radical (unpaired) electrons. The second-order valence-electron chi connectivity index (χ2n) is 3.33. The molecule has 0 amide bonds. The molecule has 15 heavy (non-hydrogen) atoms. The van der Waals surface area contributed by atoms with E-state index >= 15 is 0 Å². The van der Waals surface area contributed by atoms with Crippen molar-refractivity contribution in [1.82, 2.24) is 0 Å². The number of benzene rings is 2. The maximum absolute atomic E-state index is 5.70. The van der Waals surface area contributed by atoms with E-state index in [0.717, 1.165) is 22.0 Å². The van der Waals surface area contributed by atoms with Gasteiger partial charge >= 0.3 is 0 Å². The summed E-state index contributed by atoms with van der Waals surface area (Å²) in [6.45, 7) is 0.389. The summed E-state index contributed by atoms with van der Waals surface area (Å²) in [7, 11) is 0. The lowest BCUT2D eigenvalue weighted by atomic mass is 10.1. The first-order chi connectivity index (χ1) is 7.29. The molecule has 2 aromatic rings. The highest BCUT2D eigenvalue weighted by Gasteiger charge is 1.94. The second kappa shape index (κ2) is 4.04.